The molecule has 3 N–H and O–H groups in total. The number of benzene rings is 1. The van der Waals surface area contributed by atoms with E-state index in [9.17, 15) is 4.79 Å². The summed E-state index contributed by atoms with van der Waals surface area (Å²) in [6.07, 6.45) is 2.16. The van der Waals surface area contributed by atoms with Crippen LogP contribution in [0.15, 0.2) is 35.7 Å². The summed E-state index contributed by atoms with van der Waals surface area (Å²) >= 11 is 6.00. The number of hydrogen-bond acceptors (Lipinski definition) is 5. The number of halogens is 1. The largest absolute Gasteiger partial charge is 0.486 e. The molecule has 1 aromatic rings. The van der Waals surface area contributed by atoms with E-state index in [1.165, 1.54) is 6.21 Å². The average molecular weight is 379 g/mol. The minimum atomic E-state index is -0.368. The first-order chi connectivity index (χ1) is 12.5. The SMILES string of the molecule is CCC(C)CO/C(C(=O)Nc1cccc(Cl)c1)=C(/C=N)N1CCNCC1. The van der Waals surface area contributed by atoms with Crippen molar-refractivity contribution in [2.75, 3.05) is 38.1 Å². The number of carbonyl (C=O) groups is 1. The van der Waals surface area contributed by atoms with Gasteiger partial charge in [-0.2, -0.15) is 0 Å². The number of nitrogens with zero attached hydrogens (tertiary/aromatic N) is 1. The lowest BCUT2D eigenvalue weighted by molar-refractivity contribution is -0.116. The second-order valence-corrected chi connectivity index (χ2v) is 6.82. The van der Waals surface area contributed by atoms with Crippen LogP contribution in [0.1, 0.15) is 20.3 Å². The van der Waals surface area contributed by atoms with Gasteiger partial charge in [-0.25, -0.2) is 0 Å². The normalized spacial score (nSPS) is 16.5. The number of nitrogens with one attached hydrogen (secondary N) is 3. The molecule has 1 atom stereocenters. The van der Waals surface area contributed by atoms with Gasteiger partial charge >= 0.3 is 0 Å². The number of carbonyl (C=O) groups excluding carboxylic acids is 1. The summed E-state index contributed by atoms with van der Waals surface area (Å²) < 4.78 is 5.89. The van der Waals surface area contributed by atoms with Gasteiger partial charge in [0.05, 0.1) is 6.61 Å². The number of hydrogen-bond donors (Lipinski definition) is 3. The van der Waals surface area contributed by atoms with Gasteiger partial charge in [0.15, 0.2) is 0 Å². The summed E-state index contributed by atoms with van der Waals surface area (Å²) in [5.74, 6) is 0.133. The van der Waals surface area contributed by atoms with Crippen LogP contribution in [0.2, 0.25) is 5.02 Å². The highest BCUT2D eigenvalue weighted by Gasteiger charge is 2.23. The second-order valence-electron chi connectivity index (χ2n) is 6.38. The van der Waals surface area contributed by atoms with E-state index in [4.69, 9.17) is 21.7 Å². The highest BCUT2D eigenvalue weighted by Crippen LogP contribution is 2.19. The predicted octanol–water partition coefficient (Wildman–Crippen LogP) is 3.11. The van der Waals surface area contributed by atoms with E-state index >= 15 is 0 Å². The smallest absolute Gasteiger partial charge is 0.293 e. The van der Waals surface area contributed by atoms with Gasteiger partial charge in [-0.15, -0.1) is 0 Å². The van der Waals surface area contributed by atoms with Crippen molar-refractivity contribution in [2.24, 2.45) is 5.92 Å². The number of anilines is 1. The first kappa shape index (κ1) is 20.3. The van der Waals surface area contributed by atoms with Gasteiger partial charge in [-0.3, -0.25) is 4.79 Å². The lowest BCUT2D eigenvalue weighted by Crippen LogP contribution is -2.44. The lowest BCUT2D eigenvalue weighted by atomic mass is 10.1. The number of ether oxygens (including phenoxy) is 1. The standard InChI is InChI=1S/C19H27ClN4O2/c1-3-14(2)13-26-18(17(12-21)24-9-7-22-8-10-24)19(25)23-16-6-4-5-15(20)11-16/h4-6,11-12,14,21-22H,3,7-10,13H2,1-2H3,(H,23,25)/b18-17-,21-12?. The minimum Gasteiger partial charge on any atom is -0.486 e. The van der Waals surface area contributed by atoms with Crippen LogP contribution in [0.5, 0.6) is 0 Å². The topological polar surface area (TPSA) is 77.5 Å². The van der Waals surface area contributed by atoms with Gasteiger partial charge in [0, 0.05) is 43.1 Å². The maximum absolute atomic E-state index is 12.9. The molecule has 1 heterocycles. The monoisotopic (exact) mass is 378 g/mol. The average Bonchev–Trinajstić information content (AvgIpc) is 2.65. The Morgan fingerprint density at radius 3 is 2.81 bits per heavy atom. The van der Waals surface area contributed by atoms with E-state index in [0.717, 1.165) is 32.6 Å². The molecule has 1 amide bonds. The molecule has 0 bridgehead atoms. The summed E-state index contributed by atoms with van der Waals surface area (Å²) in [6, 6.07) is 6.97. The summed E-state index contributed by atoms with van der Waals surface area (Å²) in [4.78, 5) is 14.9. The molecule has 0 aliphatic carbocycles. The lowest BCUT2D eigenvalue weighted by Gasteiger charge is -2.31. The Morgan fingerprint density at radius 2 is 2.19 bits per heavy atom. The molecule has 1 saturated heterocycles. The van der Waals surface area contributed by atoms with Crippen LogP contribution in [0.4, 0.5) is 5.69 Å². The molecular formula is C19H27ClN4O2. The van der Waals surface area contributed by atoms with Gasteiger partial charge < -0.3 is 25.7 Å². The van der Waals surface area contributed by atoms with E-state index < -0.39 is 0 Å². The Labute approximate surface area is 160 Å². The number of rotatable bonds is 8. The second kappa shape index (κ2) is 10.2. The molecule has 7 heteroatoms. The molecule has 1 aliphatic rings. The molecule has 1 aromatic carbocycles. The number of amides is 1. The van der Waals surface area contributed by atoms with E-state index in [-0.39, 0.29) is 11.7 Å². The van der Waals surface area contributed by atoms with Crippen LogP contribution >= 0.6 is 11.6 Å². The first-order valence-corrected chi connectivity index (χ1v) is 9.33. The Kier molecular flexibility index (Phi) is 7.94. The van der Waals surface area contributed by atoms with Crippen molar-refractivity contribution < 1.29 is 9.53 Å². The van der Waals surface area contributed by atoms with Crippen LogP contribution in [-0.2, 0) is 9.53 Å². The molecule has 0 saturated carbocycles. The van der Waals surface area contributed by atoms with E-state index in [0.29, 0.717) is 28.9 Å². The van der Waals surface area contributed by atoms with Crippen molar-refractivity contribution >= 4 is 29.4 Å². The Morgan fingerprint density at radius 1 is 1.46 bits per heavy atom. The van der Waals surface area contributed by atoms with Crippen LogP contribution < -0.4 is 10.6 Å². The van der Waals surface area contributed by atoms with Gasteiger partial charge in [-0.05, 0) is 24.1 Å². The molecule has 0 spiro atoms. The van der Waals surface area contributed by atoms with Crippen LogP contribution in [0.25, 0.3) is 0 Å². The fourth-order valence-corrected chi connectivity index (χ4v) is 2.75. The van der Waals surface area contributed by atoms with Gasteiger partial charge in [0.25, 0.3) is 5.91 Å². The molecule has 142 valence electrons. The van der Waals surface area contributed by atoms with E-state index in [1.807, 2.05) is 4.90 Å². The summed E-state index contributed by atoms with van der Waals surface area (Å²) in [5.41, 5.74) is 1.10. The molecule has 6 nitrogen and oxygen atoms in total. The summed E-state index contributed by atoms with van der Waals surface area (Å²) in [7, 11) is 0. The fraction of sp³-hybridized carbons (Fsp3) is 0.474. The zero-order valence-corrected chi connectivity index (χ0v) is 16.1. The molecular weight excluding hydrogens is 352 g/mol. The molecule has 2 rings (SSSR count). The maximum Gasteiger partial charge on any atom is 0.293 e. The highest BCUT2D eigenvalue weighted by atomic mass is 35.5. The summed E-state index contributed by atoms with van der Waals surface area (Å²) in [6.45, 7) is 7.66. The van der Waals surface area contributed by atoms with Gasteiger partial charge in [-0.1, -0.05) is 37.9 Å². The first-order valence-electron chi connectivity index (χ1n) is 8.95. The van der Waals surface area contributed by atoms with E-state index in [2.05, 4.69) is 24.5 Å². The number of allylic oxidation sites excluding steroid dienone is 1. The van der Waals surface area contributed by atoms with E-state index in [1.54, 1.807) is 24.3 Å². The third kappa shape index (κ3) is 5.75. The van der Waals surface area contributed by atoms with Crippen molar-refractivity contribution in [3.63, 3.8) is 0 Å². The van der Waals surface area contributed by atoms with Crippen molar-refractivity contribution in [3.05, 3.63) is 40.7 Å². The zero-order chi connectivity index (χ0) is 18.9. The third-order valence-electron chi connectivity index (χ3n) is 4.32. The van der Waals surface area contributed by atoms with Gasteiger partial charge in [0.1, 0.15) is 5.70 Å². The minimum absolute atomic E-state index is 0.183. The van der Waals surface area contributed by atoms with Crippen molar-refractivity contribution in [1.82, 2.24) is 10.2 Å². The Bertz CT molecular complexity index is 657. The third-order valence-corrected chi connectivity index (χ3v) is 4.56. The van der Waals surface area contributed by atoms with Gasteiger partial charge in [0.2, 0.25) is 5.76 Å². The molecule has 26 heavy (non-hydrogen) atoms. The highest BCUT2D eigenvalue weighted by molar-refractivity contribution is 6.31. The van der Waals surface area contributed by atoms with Crippen LogP contribution in [0.3, 0.4) is 0 Å². The molecule has 1 aliphatic heterocycles. The quantitative estimate of drug-likeness (QED) is 0.369. The molecule has 1 unspecified atom stereocenters. The van der Waals surface area contributed by atoms with Crippen LogP contribution in [0, 0.1) is 11.3 Å². The Balaban J connectivity index is 2.26. The Hall–Kier alpha value is -2.05. The van der Waals surface area contributed by atoms with Crippen molar-refractivity contribution in [2.45, 2.75) is 20.3 Å². The van der Waals surface area contributed by atoms with Crippen LogP contribution in [-0.4, -0.2) is 49.8 Å². The molecule has 1 fully saturated rings. The molecule has 0 aromatic heterocycles. The fourth-order valence-electron chi connectivity index (χ4n) is 2.56. The molecule has 0 radical (unpaired) electrons. The van der Waals surface area contributed by atoms with Crippen molar-refractivity contribution in [3.8, 4) is 0 Å². The summed E-state index contributed by atoms with van der Waals surface area (Å²) in [5, 5.41) is 14.5. The number of piperazine rings is 1. The zero-order valence-electron chi connectivity index (χ0n) is 15.3. The van der Waals surface area contributed by atoms with Crippen molar-refractivity contribution in [1.29, 1.82) is 5.41 Å². The maximum atomic E-state index is 12.9. The predicted molar refractivity (Wildman–Crippen MR) is 106 cm³/mol.